The molecule has 0 aliphatic rings. The van der Waals surface area contributed by atoms with Crippen molar-refractivity contribution < 1.29 is 19.1 Å². The molecule has 0 fully saturated rings. The lowest BCUT2D eigenvalue weighted by Crippen LogP contribution is -2.49. The van der Waals surface area contributed by atoms with Gasteiger partial charge < -0.3 is 21.1 Å². The molecular formula is C16H24N4O4. The lowest BCUT2D eigenvalue weighted by Gasteiger charge is -2.22. The van der Waals surface area contributed by atoms with Gasteiger partial charge in [-0.3, -0.25) is 19.4 Å². The summed E-state index contributed by atoms with van der Waals surface area (Å²) in [6, 6.07) is 4.25. The van der Waals surface area contributed by atoms with Gasteiger partial charge in [0.1, 0.15) is 11.6 Å². The van der Waals surface area contributed by atoms with E-state index in [0.717, 1.165) is 0 Å². The second-order valence-corrected chi connectivity index (χ2v) is 6.15. The first-order valence-electron chi connectivity index (χ1n) is 7.60. The number of carbonyl (C=O) groups excluding carboxylic acids is 3. The molecule has 0 radical (unpaired) electrons. The van der Waals surface area contributed by atoms with Crippen LogP contribution in [0.5, 0.6) is 0 Å². The Morgan fingerprint density at radius 2 is 2.00 bits per heavy atom. The van der Waals surface area contributed by atoms with Crippen LogP contribution in [0.4, 0.5) is 0 Å². The summed E-state index contributed by atoms with van der Waals surface area (Å²) in [5.41, 5.74) is 5.23. The zero-order valence-corrected chi connectivity index (χ0v) is 14.2. The molecule has 0 spiro atoms. The van der Waals surface area contributed by atoms with Crippen LogP contribution in [-0.4, -0.2) is 41.0 Å². The molecule has 2 amide bonds. The summed E-state index contributed by atoms with van der Waals surface area (Å²) in [7, 11) is 0. The molecule has 1 atom stereocenters. The number of hydrogen-bond donors (Lipinski definition) is 3. The average Bonchev–Trinajstić information content (AvgIpc) is 2.51. The summed E-state index contributed by atoms with van der Waals surface area (Å²) in [4.78, 5) is 39.8. The third-order valence-electron chi connectivity index (χ3n) is 2.80. The Hall–Kier alpha value is -2.48. The van der Waals surface area contributed by atoms with E-state index in [0.29, 0.717) is 5.69 Å². The first kappa shape index (κ1) is 19.6. The van der Waals surface area contributed by atoms with Crippen molar-refractivity contribution in [3.63, 3.8) is 0 Å². The molecule has 0 saturated heterocycles. The molecule has 8 heteroatoms. The molecule has 0 bridgehead atoms. The highest BCUT2D eigenvalue weighted by Gasteiger charge is 2.26. The van der Waals surface area contributed by atoms with Crippen LogP contribution < -0.4 is 16.4 Å². The number of aromatic nitrogens is 1. The normalized spacial score (nSPS) is 12.2. The van der Waals surface area contributed by atoms with Crippen LogP contribution in [0.3, 0.4) is 0 Å². The number of hydrogen-bond acceptors (Lipinski definition) is 6. The van der Waals surface area contributed by atoms with Gasteiger partial charge in [-0.2, -0.15) is 0 Å². The van der Waals surface area contributed by atoms with Crippen molar-refractivity contribution in [3.05, 3.63) is 30.1 Å². The monoisotopic (exact) mass is 336 g/mol. The summed E-state index contributed by atoms with van der Waals surface area (Å²) in [6.07, 6.45) is 1.33. The molecule has 0 saturated carbocycles. The lowest BCUT2D eigenvalue weighted by molar-refractivity contribution is -0.156. The zero-order chi connectivity index (χ0) is 18.2. The van der Waals surface area contributed by atoms with Gasteiger partial charge in [-0.15, -0.1) is 0 Å². The first-order chi connectivity index (χ1) is 11.2. The maximum absolute atomic E-state index is 12.3. The highest BCUT2D eigenvalue weighted by molar-refractivity contribution is 5.91. The van der Waals surface area contributed by atoms with Crippen molar-refractivity contribution in [2.24, 2.45) is 5.73 Å². The van der Waals surface area contributed by atoms with Crippen molar-refractivity contribution in [3.8, 4) is 0 Å². The van der Waals surface area contributed by atoms with Gasteiger partial charge in [-0.1, -0.05) is 6.07 Å². The second-order valence-electron chi connectivity index (χ2n) is 6.15. The fourth-order valence-electron chi connectivity index (χ4n) is 1.82. The highest BCUT2D eigenvalue weighted by Crippen LogP contribution is 2.09. The summed E-state index contributed by atoms with van der Waals surface area (Å²) >= 11 is 0. The number of nitrogens with two attached hydrogens (primary N) is 1. The number of ether oxygens (including phenoxy) is 1. The Labute approximate surface area is 141 Å². The van der Waals surface area contributed by atoms with Crippen molar-refractivity contribution >= 4 is 17.8 Å². The molecule has 0 aliphatic heterocycles. The van der Waals surface area contributed by atoms with E-state index in [9.17, 15) is 14.4 Å². The van der Waals surface area contributed by atoms with E-state index in [-0.39, 0.29) is 19.5 Å². The Balaban J connectivity index is 2.67. The van der Waals surface area contributed by atoms with Crippen LogP contribution >= 0.6 is 0 Å². The van der Waals surface area contributed by atoms with Crippen LogP contribution in [0.15, 0.2) is 24.4 Å². The summed E-state index contributed by atoms with van der Waals surface area (Å²) < 4.78 is 5.18. The Morgan fingerprint density at radius 1 is 1.29 bits per heavy atom. The zero-order valence-electron chi connectivity index (χ0n) is 14.2. The average molecular weight is 336 g/mol. The van der Waals surface area contributed by atoms with Crippen LogP contribution in [0.25, 0.3) is 0 Å². The molecule has 132 valence electrons. The van der Waals surface area contributed by atoms with Crippen LogP contribution in [0.2, 0.25) is 0 Å². The highest BCUT2D eigenvalue weighted by atomic mass is 16.6. The number of amides is 2. The number of carbonyl (C=O) groups is 3. The molecule has 8 nitrogen and oxygen atoms in total. The minimum Gasteiger partial charge on any atom is -0.460 e. The number of nitrogens with one attached hydrogen (secondary N) is 2. The van der Waals surface area contributed by atoms with Gasteiger partial charge in [0.05, 0.1) is 25.2 Å². The van der Waals surface area contributed by atoms with E-state index in [1.54, 1.807) is 45.2 Å². The van der Waals surface area contributed by atoms with Gasteiger partial charge in [0.25, 0.3) is 0 Å². The largest absolute Gasteiger partial charge is 0.460 e. The summed E-state index contributed by atoms with van der Waals surface area (Å²) in [5.74, 6) is -1.62. The van der Waals surface area contributed by atoms with Gasteiger partial charge in [0.2, 0.25) is 11.8 Å². The quantitative estimate of drug-likeness (QED) is 0.596. The van der Waals surface area contributed by atoms with E-state index in [2.05, 4.69) is 15.6 Å². The maximum Gasteiger partial charge on any atom is 0.308 e. The van der Waals surface area contributed by atoms with E-state index < -0.39 is 29.4 Å². The molecule has 0 aliphatic carbocycles. The minimum atomic E-state index is -1.06. The van der Waals surface area contributed by atoms with Crippen LogP contribution in [-0.2, 0) is 25.7 Å². The maximum atomic E-state index is 12.3. The van der Waals surface area contributed by atoms with Crippen molar-refractivity contribution in [2.75, 3.05) is 6.54 Å². The Bertz CT molecular complexity index is 569. The standard InChI is InChI=1S/C16H24N4O4/c1-16(2,3)24-14(22)8-12(20-13(21)9-17)15(23)19-10-11-6-4-5-7-18-11/h4-7,12H,8-10,17H2,1-3H3,(H,19,23)(H,20,21). The molecule has 1 heterocycles. The minimum absolute atomic E-state index is 0.184. The predicted molar refractivity (Wildman–Crippen MR) is 87.5 cm³/mol. The second kappa shape index (κ2) is 8.97. The third kappa shape index (κ3) is 7.68. The van der Waals surface area contributed by atoms with Gasteiger partial charge in [0.15, 0.2) is 0 Å². The van der Waals surface area contributed by atoms with Crippen molar-refractivity contribution in [2.45, 2.75) is 45.4 Å². The predicted octanol–water partition coefficient (Wildman–Crippen LogP) is -0.127. The summed E-state index contributed by atoms with van der Waals surface area (Å²) in [5, 5.41) is 5.05. The molecule has 24 heavy (non-hydrogen) atoms. The fourth-order valence-corrected chi connectivity index (χ4v) is 1.82. The molecular weight excluding hydrogens is 312 g/mol. The lowest BCUT2D eigenvalue weighted by atomic mass is 10.1. The van der Waals surface area contributed by atoms with Gasteiger partial charge >= 0.3 is 5.97 Å². The van der Waals surface area contributed by atoms with E-state index in [1.807, 2.05) is 0 Å². The molecule has 1 aromatic rings. The number of rotatable bonds is 7. The van der Waals surface area contributed by atoms with Crippen molar-refractivity contribution in [1.29, 1.82) is 0 Å². The fraction of sp³-hybridized carbons (Fsp3) is 0.500. The molecule has 0 aromatic carbocycles. The van der Waals surface area contributed by atoms with E-state index in [1.165, 1.54) is 0 Å². The number of esters is 1. The molecule has 1 aromatic heterocycles. The van der Waals surface area contributed by atoms with Gasteiger partial charge in [0, 0.05) is 6.20 Å². The van der Waals surface area contributed by atoms with Gasteiger partial charge in [-0.25, -0.2) is 0 Å². The first-order valence-corrected chi connectivity index (χ1v) is 7.60. The number of nitrogens with zero attached hydrogens (tertiary/aromatic N) is 1. The summed E-state index contributed by atoms with van der Waals surface area (Å²) in [6.45, 7) is 5.07. The Morgan fingerprint density at radius 3 is 2.54 bits per heavy atom. The topological polar surface area (TPSA) is 123 Å². The smallest absolute Gasteiger partial charge is 0.308 e. The van der Waals surface area contributed by atoms with Crippen LogP contribution in [0, 0.1) is 0 Å². The molecule has 1 rings (SSSR count). The SMILES string of the molecule is CC(C)(C)OC(=O)CC(NC(=O)CN)C(=O)NCc1ccccn1. The number of pyridine rings is 1. The van der Waals surface area contributed by atoms with E-state index in [4.69, 9.17) is 10.5 Å². The molecule has 4 N–H and O–H groups in total. The third-order valence-corrected chi connectivity index (χ3v) is 2.80. The van der Waals surface area contributed by atoms with Crippen LogP contribution in [0.1, 0.15) is 32.9 Å². The van der Waals surface area contributed by atoms with E-state index >= 15 is 0 Å². The van der Waals surface area contributed by atoms with Crippen molar-refractivity contribution in [1.82, 2.24) is 15.6 Å². The molecule has 1 unspecified atom stereocenters. The van der Waals surface area contributed by atoms with Gasteiger partial charge in [-0.05, 0) is 32.9 Å². The Kier molecular flexibility index (Phi) is 7.31.